The monoisotopic (exact) mass is 728 g/mol. The Morgan fingerprint density at radius 2 is 1.86 bits per heavy atom. The Kier molecular flexibility index (Phi) is 10.0. The third-order valence-electron chi connectivity index (χ3n) is 9.66. The summed E-state index contributed by atoms with van der Waals surface area (Å²) < 4.78 is 41.3. The first-order valence-electron chi connectivity index (χ1n) is 17.8. The molecule has 2 aliphatic carbocycles. The summed E-state index contributed by atoms with van der Waals surface area (Å²) in [5, 5.41) is 4.95. The summed E-state index contributed by atoms with van der Waals surface area (Å²) in [4.78, 5) is 69.7. The lowest BCUT2D eigenvalue weighted by atomic mass is 10.0. The van der Waals surface area contributed by atoms with E-state index >= 15 is 0 Å². The molecule has 4 aliphatic rings. The van der Waals surface area contributed by atoms with Crippen LogP contribution >= 0.6 is 0 Å². The Labute approximate surface area is 297 Å². The van der Waals surface area contributed by atoms with Gasteiger partial charge in [0, 0.05) is 18.4 Å². The van der Waals surface area contributed by atoms with Gasteiger partial charge in [0.05, 0.1) is 24.3 Å². The first-order valence-corrected chi connectivity index (χ1v) is 19.3. The normalized spacial score (nSPS) is 28.2. The van der Waals surface area contributed by atoms with E-state index in [0.717, 1.165) is 12.8 Å². The zero-order valence-electron chi connectivity index (χ0n) is 29.8. The molecular weight excluding hydrogens is 680 g/mol. The number of alkyl carbamates (subject to hydrolysis) is 1. The maximum absolute atomic E-state index is 14.4. The molecule has 0 aromatic carbocycles. The average Bonchev–Trinajstić information content (AvgIpc) is 3.93. The van der Waals surface area contributed by atoms with E-state index in [-0.39, 0.29) is 31.4 Å². The third-order valence-corrected chi connectivity index (χ3v) is 11.5. The summed E-state index contributed by atoms with van der Waals surface area (Å²) in [6.45, 7) is 9.12. The Balaban J connectivity index is 1.29. The van der Waals surface area contributed by atoms with E-state index in [2.05, 4.69) is 30.3 Å². The van der Waals surface area contributed by atoms with Crippen LogP contribution in [0.3, 0.4) is 0 Å². The molecule has 2 saturated carbocycles. The number of nitrogens with one attached hydrogen (secondary N) is 3. The molecule has 51 heavy (non-hydrogen) atoms. The average molecular weight is 729 g/mol. The predicted octanol–water partition coefficient (Wildman–Crippen LogP) is 2.65. The number of imidazole rings is 1. The molecule has 17 heteroatoms. The van der Waals surface area contributed by atoms with Gasteiger partial charge in [-0.05, 0) is 73.1 Å². The highest BCUT2D eigenvalue weighted by molar-refractivity contribution is 7.91. The Morgan fingerprint density at radius 1 is 1.10 bits per heavy atom. The number of aromatic nitrogens is 4. The summed E-state index contributed by atoms with van der Waals surface area (Å²) in [7, 11) is -3.88. The van der Waals surface area contributed by atoms with Crippen LogP contribution in [-0.4, -0.2) is 97.8 Å². The summed E-state index contributed by atoms with van der Waals surface area (Å²) in [5.74, 6) is -2.36. The van der Waals surface area contributed by atoms with Crippen molar-refractivity contribution in [3.63, 3.8) is 0 Å². The molecule has 0 bridgehead atoms. The van der Waals surface area contributed by atoms with Crippen LogP contribution in [0.4, 0.5) is 4.79 Å². The van der Waals surface area contributed by atoms with Crippen LogP contribution in [0.2, 0.25) is 0 Å². The van der Waals surface area contributed by atoms with E-state index in [4.69, 9.17) is 9.47 Å². The number of sulfonamides is 1. The zero-order valence-corrected chi connectivity index (χ0v) is 30.6. The number of carbonyl (C=O) groups excluding carboxylic acids is 4. The van der Waals surface area contributed by atoms with E-state index in [0.29, 0.717) is 43.3 Å². The Hall–Kier alpha value is -4.28. The Morgan fingerprint density at radius 3 is 2.57 bits per heavy atom. The summed E-state index contributed by atoms with van der Waals surface area (Å²) in [5.41, 5.74) is -1.15. The first kappa shape index (κ1) is 36.5. The number of amides is 4. The lowest BCUT2D eigenvalue weighted by Crippen LogP contribution is -2.58. The number of carbonyl (C=O) groups is 4. The highest BCUT2D eigenvalue weighted by atomic mass is 32.2. The molecule has 2 aromatic rings. The van der Waals surface area contributed by atoms with Crippen molar-refractivity contribution in [1.29, 1.82) is 0 Å². The van der Waals surface area contributed by atoms with Gasteiger partial charge in [-0.15, -0.1) is 0 Å². The van der Waals surface area contributed by atoms with Crippen molar-refractivity contribution >= 4 is 45.0 Å². The topological polar surface area (TPSA) is 204 Å². The Bertz CT molecular complexity index is 1820. The second-order valence-corrected chi connectivity index (χ2v) is 17.3. The SMILES string of the molecule is CC(C)n1cnc2cnc(O[C@@H]3C[C@H]4C(=O)N[C@]5(C(=O)NS(=O)(=O)C6CC6)C[C@H]5/C=C\CCCCC[C@H](NC(=O)OC(C)(C)C)C(=O)N4C3)nc21. The van der Waals surface area contributed by atoms with Gasteiger partial charge in [0.2, 0.25) is 21.8 Å². The van der Waals surface area contributed by atoms with Crippen LogP contribution in [0.1, 0.15) is 98.4 Å². The lowest BCUT2D eigenvalue weighted by Gasteiger charge is -2.30. The molecule has 16 nitrogen and oxygen atoms in total. The van der Waals surface area contributed by atoms with Gasteiger partial charge < -0.3 is 29.6 Å². The molecular formula is C34H48N8O8S. The third kappa shape index (κ3) is 8.28. The number of ether oxygens (including phenoxy) is 2. The number of nitrogens with zero attached hydrogens (tertiary/aromatic N) is 5. The van der Waals surface area contributed by atoms with Gasteiger partial charge in [0.15, 0.2) is 5.65 Å². The van der Waals surface area contributed by atoms with Gasteiger partial charge >= 0.3 is 12.1 Å². The van der Waals surface area contributed by atoms with Crippen molar-refractivity contribution in [2.45, 2.75) is 133 Å². The van der Waals surface area contributed by atoms with Crippen molar-refractivity contribution in [2.75, 3.05) is 6.54 Å². The van der Waals surface area contributed by atoms with Crippen molar-refractivity contribution in [3.8, 4) is 6.01 Å². The molecule has 4 amide bonds. The van der Waals surface area contributed by atoms with Gasteiger partial charge in [-0.1, -0.05) is 25.0 Å². The molecule has 0 radical (unpaired) electrons. The maximum atomic E-state index is 14.4. The van der Waals surface area contributed by atoms with Crippen LogP contribution in [0.15, 0.2) is 24.7 Å². The van der Waals surface area contributed by atoms with E-state index in [1.165, 1.54) is 4.90 Å². The minimum atomic E-state index is -3.88. The highest BCUT2D eigenvalue weighted by Gasteiger charge is 2.62. The fourth-order valence-corrected chi connectivity index (χ4v) is 8.06. The number of fused-ring (bicyclic) bond motifs is 3. The fourth-order valence-electron chi connectivity index (χ4n) is 6.69. The van der Waals surface area contributed by atoms with E-state index in [9.17, 15) is 27.6 Å². The molecule has 0 unspecified atom stereocenters. The summed E-state index contributed by atoms with van der Waals surface area (Å²) in [6.07, 6.45) is 9.89. The molecule has 5 atom stereocenters. The molecule has 0 spiro atoms. The molecule has 2 aromatic heterocycles. The van der Waals surface area contributed by atoms with Crippen LogP contribution in [-0.2, 0) is 29.1 Å². The van der Waals surface area contributed by atoms with Crippen LogP contribution < -0.4 is 20.1 Å². The zero-order chi connectivity index (χ0) is 36.7. The molecule has 3 fully saturated rings. The molecule has 4 heterocycles. The van der Waals surface area contributed by atoms with Crippen molar-refractivity contribution < 1.29 is 37.1 Å². The second kappa shape index (κ2) is 14.0. The quantitative estimate of drug-likeness (QED) is 0.354. The molecule has 278 valence electrons. The van der Waals surface area contributed by atoms with E-state index in [1.807, 2.05) is 30.6 Å². The summed E-state index contributed by atoms with van der Waals surface area (Å²) >= 11 is 0. The maximum Gasteiger partial charge on any atom is 0.408 e. The van der Waals surface area contributed by atoms with Crippen molar-refractivity contribution in [3.05, 3.63) is 24.7 Å². The number of rotatable bonds is 7. The highest BCUT2D eigenvalue weighted by Crippen LogP contribution is 2.46. The van der Waals surface area contributed by atoms with Gasteiger partial charge in [-0.25, -0.2) is 23.2 Å². The number of allylic oxidation sites excluding steroid dienone is 1. The smallest absolute Gasteiger partial charge is 0.408 e. The minimum Gasteiger partial charge on any atom is -0.458 e. The standard InChI is InChI=1S/C34H48N8O8S/c1-20(2)42-19-36-25-17-35-31(38-27(25)42)49-22-15-26-28(43)39-34(30(45)40-51(47,48)23-13-14-23)16-21(34)11-9-7-6-8-10-12-24(29(44)41(26)18-22)37-32(46)50-33(3,4)5/h9,11,17,19-24,26H,6-8,10,12-16,18H2,1-5H3,(H,37,46)(H,39,43)(H,40,45)/b11-9-/t21-,22-,24+,26+,34-/m1/s1. The number of hydrogen-bond acceptors (Lipinski definition) is 11. The molecule has 2 aliphatic heterocycles. The molecule has 3 N–H and O–H groups in total. The van der Waals surface area contributed by atoms with Crippen molar-refractivity contribution in [2.24, 2.45) is 5.92 Å². The minimum absolute atomic E-state index is 0.0279. The largest absolute Gasteiger partial charge is 0.458 e. The summed E-state index contributed by atoms with van der Waals surface area (Å²) in [6, 6.07) is -2.00. The van der Waals surface area contributed by atoms with E-state index in [1.54, 1.807) is 33.3 Å². The predicted molar refractivity (Wildman–Crippen MR) is 185 cm³/mol. The van der Waals surface area contributed by atoms with Gasteiger partial charge in [0.1, 0.15) is 34.8 Å². The van der Waals surface area contributed by atoms with E-state index < -0.39 is 74.3 Å². The van der Waals surface area contributed by atoms with Crippen LogP contribution in [0.25, 0.3) is 11.2 Å². The molecule has 1 saturated heterocycles. The van der Waals surface area contributed by atoms with Gasteiger partial charge in [-0.2, -0.15) is 4.98 Å². The molecule has 6 rings (SSSR count). The first-order chi connectivity index (χ1) is 24.1. The van der Waals surface area contributed by atoms with Crippen LogP contribution in [0, 0.1) is 5.92 Å². The van der Waals surface area contributed by atoms with Crippen LogP contribution in [0.5, 0.6) is 6.01 Å². The second-order valence-electron chi connectivity index (χ2n) is 15.3. The fraction of sp³-hybridized carbons (Fsp3) is 0.676. The van der Waals surface area contributed by atoms with Gasteiger partial charge in [-0.3, -0.25) is 19.1 Å². The van der Waals surface area contributed by atoms with Gasteiger partial charge in [0.25, 0.3) is 5.91 Å². The van der Waals surface area contributed by atoms with Crippen molar-refractivity contribution in [1.82, 2.24) is 39.8 Å². The lowest BCUT2D eigenvalue weighted by molar-refractivity contribution is -0.141. The number of hydrogen-bond donors (Lipinski definition) is 3.